The third-order valence-corrected chi connectivity index (χ3v) is 5.84. The van der Waals surface area contributed by atoms with Crippen LogP contribution in [0.15, 0.2) is 64.7 Å². The summed E-state index contributed by atoms with van der Waals surface area (Å²) in [6.07, 6.45) is 3.20. The molecule has 2 aromatic carbocycles. The fraction of sp³-hybridized carbons (Fsp3) is 0.227. The first kappa shape index (κ1) is 18.6. The highest BCUT2D eigenvalue weighted by Gasteiger charge is 2.49. The van der Waals surface area contributed by atoms with Gasteiger partial charge < -0.3 is 5.32 Å². The van der Waals surface area contributed by atoms with Crippen LogP contribution in [-0.2, 0) is 9.59 Å². The van der Waals surface area contributed by atoms with Gasteiger partial charge in [-0.2, -0.15) is 0 Å². The second-order valence-corrected chi connectivity index (χ2v) is 8.11. The van der Waals surface area contributed by atoms with E-state index in [9.17, 15) is 14.4 Å². The molecule has 1 saturated heterocycles. The quantitative estimate of drug-likeness (QED) is 0.564. The van der Waals surface area contributed by atoms with Crippen molar-refractivity contribution < 1.29 is 14.4 Å². The van der Waals surface area contributed by atoms with Gasteiger partial charge in [0.05, 0.1) is 23.1 Å². The molecule has 28 heavy (non-hydrogen) atoms. The highest BCUT2D eigenvalue weighted by atomic mass is 79.9. The van der Waals surface area contributed by atoms with Gasteiger partial charge in [-0.1, -0.05) is 39.7 Å². The molecular formula is C22H19BrN2O3. The third kappa shape index (κ3) is 3.29. The Balaban J connectivity index is 1.65. The number of para-hydroxylation sites is 1. The molecule has 0 unspecified atom stereocenters. The van der Waals surface area contributed by atoms with Crippen LogP contribution in [0.4, 0.5) is 11.4 Å². The molecule has 0 spiro atoms. The Morgan fingerprint density at radius 1 is 1.04 bits per heavy atom. The van der Waals surface area contributed by atoms with Gasteiger partial charge >= 0.3 is 0 Å². The van der Waals surface area contributed by atoms with Crippen LogP contribution in [-0.4, -0.2) is 17.7 Å². The molecule has 2 aromatic rings. The Kier molecular flexibility index (Phi) is 4.89. The number of hydrogen-bond donors (Lipinski definition) is 1. The first-order chi connectivity index (χ1) is 13.5. The van der Waals surface area contributed by atoms with E-state index < -0.39 is 0 Å². The van der Waals surface area contributed by atoms with Crippen molar-refractivity contribution in [3.8, 4) is 0 Å². The summed E-state index contributed by atoms with van der Waals surface area (Å²) in [5.41, 5.74) is 2.41. The normalized spacial score (nSPS) is 21.4. The zero-order chi connectivity index (χ0) is 19.8. The van der Waals surface area contributed by atoms with Crippen molar-refractivity contribution in [3.63, 3.8) is 0 Å². The van der Waals surface area contributed by atoms with E-state index in [0.29, 0.717) is 29.8 Å². The molecular weight excluding hydrogens is 420 g/mol. The second kappa shape index (κ2) is 7.36. The van der Waals surface area contributed by atoms with Crippen LogP contribution in [0, 0.1) is 11.8 Å². The Morgan fingerprint density at radius 2 is 1.71 bits per heavy atom. The molecule has 1 fully saturated rings. The SMILES string of the molecule is CC1=CC[C@H]2C(=O)N(c3ccccc3C(=O)Nc3ccc(Br)cc3)C(=O)[C@@H]2C1. The maximum absolute atomic E-state index is 13.0. The summed E-state index contributed by atoms with van der Waals surface area (Å²) in [6.45, 7) is 1.98. The van der Waals surface area contributed by atoms with E-state index in [4.69, 9.17) is 0 Å². The summed E-state index contributed by atoms with van der Waals surface area (Å²) < 4.78 is 0.908. The smallest absolute Gasteiger partial charge is 0.257 e. The summed E-state index contributed by atoms with van der Waals surface area (Å²) in [4.78, 5) is 40.1. The zero-order valence-electron chi connectivity index (χ0n) is 15.3. The standard InChI is InChI=1S/C22H19BrN2O3/c1-13-6-11-16-18(12-13)22(28)25(21(16)27)19-5-3-2-4-17(19)20(26)24-15-9-7-14(23)8-10-15/h2-10,16,18H,11-12H2,1H3,(H,24,26)/t16-,18-/m1/s1. The lowest BCUT2D eigenvalue weighted by atomic mass is 9.82. The highest BCUT2D eigenvalue weighted by molar-refractivity contribution is 9.10. The zero-order valence-corrected chi connectivity index (χ0v) is 16.9. The largest absolute Gasteiger partial charge is 0.322 e. The number of fused-ring (bicyclic) bond motifs is 1. The lowest BCUT2D eigenvalue weighted by molar-refractivity contribution is -0.122. The van der Waals surface area contributed by atoms with E-state index >= 15 is 0 Å². The lowest BCUT2D eigenvalue weighted by Crippen LogP contribution is -2.33. The second-order valence-electron chi connectivity index (χ2n) is 7.19. The molecule has 3 amide bonds. The van der Waals surface area contributed by atoms with Gasteiger partial charge in [-0.3, -0.25) is 14.4 Å². The first-order valence-electron chi connectivity index (χ1n) is 9.15. The van der Waals surface area contributed by atoms with Gasteiger partial charge in [0.1, 0.15) is 0 Å². The molecule has 2 aliphatic rings. The van der Waals surface area contributed by atoms with E-state index in [1.807, 2.05) is 25.1 Å². The number of benzene rings is 2. The Hall–Kier alpha value is -2.73. The number of carbonyl (C=O) groups is 3. The molecule has 0 radical (unpaired) electrons. The number of nitrogens with one attached hydrogen (secondary N) is 1. The summed E-state index contributed by atoms with van der Waals surface area (Å²) >= 11 is 3.36. The Morgan fingerprint density at radius 3 is 2.46 bits per heavy atom. The van der Waals surface area contributed by atoms with Crippen LogP contribution in [0.25, 0.3) is 0 Å². The van der Waals surface area contributed by atoms with Gasteiger partial charge in [0.2, 0.25) is 11.8 Å². The monoisotopic (exact) mass is 438 g/mol. The van der Waals surface area contributed by atoms with E-state index in [-0.39, 0.29) is 29.6 Å². The molecule has 0 bridgehead atoms. The van der Waals surface area contributed by atoms with Crippen LogP contribution in [0.2, 0.25) is 0 Å². The van der Waals surface area contributed by atoms with Crippen molar-refractivity contribution >= 4 is 45.0 Å². The van der Waals surface area contributed by atoms with Crippen molar-refractivity contribution in [2.24, 2.45) is 11.8 Å². The third-order valence-electron chi connectivity index (χ3n) is 5.31. The van der Waals surface area contributed by atoms with Gasteiger partial charge in [-0.05, 0) is 56.2 Å². The van der Waals surface area contributed by atoms with E-state index in [2.05, 4.69) is 21.2 Å². The maximum atomic E-state index is 13.0. The summed E-state index contributed by atoms with van der Waals surface area (Å²) in [5, 5.41) is 2.83. The maximum Gasteiger partial charge on any atom is 0.257 e. The number of rotatable bonds is 3. The minimum atomic E-state index is -0.359. The van der Waals surface area contributed by atoms with Crippen molar-refractivity contribution in [2.75, 3.05) is 10.2 Å². The van der Waals surface area contributed by atoms with Crippen molar-refractivity contribution in [3.05, 3.63) is 70.2 Å². The Labute approximate surface area is 171 Å². The van der Waals surface area contributed by atoms with E-state index in [1.165, 1.54) is 4.90 Å². The first-order valence-corrected chi connectivity index (χ1v) is 9.94. The van der Waals surface area contributed by atoms with Gasteiger partial charge in [0.25, 0.3) is 5.91 Å². The number of carbonyl (C=O) groups excluding carboxylic acids is 3. The van der Waals surface area contributed by atoms with Crippen LogP contribution in [0.3, 0.4) is 0 Å². The minimum absolute atomic E-state index is 0.216. The molecule has 4 rings (SSSR count). The summed E-state index contributed by atoms with van der Waals surface area (Å²) in [5.74, 6) is -1.46. The van der Waals surface area contributed by atoms with Crippen LogP contribution < -0.4 is 10.2 Å². The average Bonchev–Trinajstić information content (AvgIpc) is 2.93. The molecule has 2 atom stereocenters. The number of nitrogens with zero attached hydrogens (tertiary/aromatic N) is 1. The molecule has 1 aliphatic carbocycles. The number of imide groups is 1. The summed E-state index contributed by atoms with van der Waals surface area (Å²) in [6, 6.07) is 14.0. The van der Waals surface area contributed by atoms with E-state index in [1.54, 1.807) is 36.4 Å². The van der Waals surface area contributed by atoms with E-state index in [0.717, 1.165) is 10.0 Å². The number of allylic oxidation sites excluding steroid dienone is 2. The van der Waals surface area contributed by atoms with Gasteiger partial charge in [-0.15, -0.1) is 0 Å². The Bertz CT molecular complexity index is 997. The molecule has 5 nitrogen and oxygen atoms in total. The molecule has 1 heterocycles. The number of anilines is 2. The van der Waals surface area contributed by atoms with Gasteiger partial charge in [-0.25, -0.2) is 4.90 Å². The number of amides is 3. The fourth-order valence-electron chi connectivity index (χ4n) is 3.87. The topological polar surface area (TPSA) is 66.5 Å². The number of hydrogen-bond acceptors (Lipinski definition) is 3. The summed E-state index contributed by atoms with van der Waals surface area (Å²) in [7, 11) is 0. The molecule has 1 aliphatic heterocycles. The van der Waals surface area contributed by atoms with Crippen molar-refractivity contribution in [2.45, 2.75) is 19.8 Å². The van der Waals surface area contributed by atoms with Crippen molar-refractivity contribution in [1.82, 2.24) is 0 Å². The molecule has 6 heteroatoms. The predicted octanol–water partition coefficient (Wildman–Crippen LogP) is 4.55. The number of halogens is 1. The predicted molar refractivity (Wildman–Crippen MR) is 111 cm³/mol. The average molecular weight is 439 g/mol. The molecule has 0 aromatic heterocycles. The van der Waals surface area contributed by atoms with Crippen LogP contribution in [0.5, 0.6) is 0 Å². The highest BCUT2D eigenvalue weighted by Crippen LogP contribution is 2.40. The van der Waals surface area contributed by atoms with Crippen LogP contribution >= 0.6 is 15.9 Å². The van der Waals surface area contributed by atoms with Crippen molar-refractivity contribution in [1.29, 1.82) is 0 Å². The lowest BCUT2D eigenvalue weighted by Gasteiger charge is -2.19. The minimum Gasteiger partial charge on any atom is -0.322 e. The molecule has 142 valence electrons. The molecule has 1 N–H and O–H groups in total. The van der Waals surface area contributed by atoms with Gasteiger partial charge in [0.15, 0.2) is 0 Å². The molecule has 0 saturated carbocycles. The fourth-order valence-corrected chi connectivity index (χ4v) is 4.13. The van der Waals surface area contributed by atoms with Crippen LogP contribution in [0.1, 0.15) is 30.1 Å². The van der Waals surface area contributed by atoms with Gasteiger partial charge in [0, 0.05) is 10.2 Å².